The van der Waals surface area contributed by atoms with E-state index >= 15 is 0 Å². The predicted molar refractivity (Wildman–Crippen MR) is 72.1 cm³/mol. The van der Waals surface area contributed by atoms with Gasteiger partial charge in [0.1, 0.15) is 0 Å². The summed E-state index contributed by atoms with van der Waals surface area (Å²) in [4.78, 5) is 0. The molecule has 4 heteroatoms. The van der Waals surface area contributed by atoms with Crippen molar-refractivity contribution in [1.29, 1.82) is 0 Å². The van der Waals surface area contributed by atoms with E-state index in [0.717, 1.165) is 43.6 Å². The molecule has 0 aliphatic rings. The number of hydrogen-bond acceptors (Lipinski definition) is 1. The zero-order chi connectivity index (χ0) is 14.5. The van der Waals surface area contributed by atoms with Crippen molar-refractivity contribution in [1.82, 2.24) is 5.32 Å². The first-order valence-corrected chi connectivity index (χ1v) is 6.61. The Morgan fingerprint density at radius 2 is 1.63 bits per heavy atom. The van der Waals surface area contributed by atoms with Crippen molar-refractivity contribution < 1.29 is 13.2 Å². The first-order chi connectivity index (χ1) is 8.74. The molecule has 0 fully saturated rings. The fourth-order valence-electron chi connectivity index (χ4n) is 2.06. The van der Waals surface area contributed by atoms with Crippen LogP contribution >= 0.6 is 0 Å². The van der Waals surface area contributed by atoms with Crippen molar-refractivity contribution in [3.63, 3.8) is 0 Å². The molecule has 0 heterocycles. The van der Waals surface area contributed by atoms with E-state index in [9.17, 15) is 13.2 Å². The molecule has 0 aromatic heterocycles. The maximum atomic E-state index is 12.5. The Balaban J connectivity index is 2.62. The van der Waals surface area contributed by atoms with Crippen LogP contribution in [0.15, 0.2) is 24.3 Å². The second-order valence-electron chi connectivity index (χ2n) is 5.64. The summed E-state index contributed by atoms with van der Waals surface area (Å²) in [5, 5.41) is 3.27. The number of hydrogen-bond donors (Lipinski definition) is 1. The summed E-state index contributed by atoms with van der Waals surface area (Å²) in [6.07, 6.45) is -2.46. The van der Waals surface area contributed by atoms with Gasteiger partial charge in [-0.3, -0.25) is 0 Å². The average molecular weight is 273 g/mol. The van der Waals surface area contributed by atoms with Gasteiger partial charge in [0.25, 0.3) is 0 Å². The smallest absolute Gasteiger partial charge is 0.317 e. The van der Waals surface area contributed by atoms with Crippen LogP contribution in [0.5, 0.6) is 0 Å². The maximum Gasteiger partial charge on any atom is 0.416 e. The molecule has 1 aromatic carbocycles. The topological polar surface area (TPSA) is 12.0 Å². The number of nitrogens with one attached hydrogen (secondary N) is 1. The molecule has 1 rings (SSSR count). The molecule has 0 radical (unpaired) electrons. The third-order valence-electron chi connectivity index (χ3n) is 3.19. The first kappa shape index (κ1) is 16.0. The van der Waals surface area contributed by atoms with Crippen molar-refractivity contribution in [3.8, 4) is 0 Å². The molecule has 1 N–H and O–H groups in total. The second-order valence-corrected chi connectivity index (χ2v) is 5.64. The van der Waals surface area contributed by atoms with Crippen LogP contribution in [-0.2, 0) is 12.6 Å². The van der Waals surface area contributed by atoms with Crippen molar-refractivity contribution in [2.75, 3.05) is 13.1 Å². The van der Waals surface area contributed by atoms with Gasteiger partial charge in [-0.25, -0.2) is 0 Å². The van der Waals surface area contributed by atoms with Crippen molar-refractivity contribution >= 4 is 0 Å². The lowest BCUT2D eigenvalue weighted by Gasteiger charge is -2.25. The van der Waals surface area contributed by atoms with Gasteiger partial charge in [0.05, 0.1) is 5.56 Å². The minimum atomic E-state index is -4.25. The molecule has 0 unspecified atom stereocenters. The van der Waals surface area contributed by atoms with Crippen molar-refractivity contribution in [3.05, 3.63) is 35.4 Å². The summed E-state index contributed by atoms with van der Waals surface area (Å²) in [6.45, 7) is 8.22. The van der Waals surface area contributed by atoms with E-state index in [2.05, 4.69) is 26.1 Å². The lowest BCUT2D eigenvalue weighted by atomic mass is 9.82. The molecule has 0 bridgehead atoms. The number of alkyl halides is 3. The normalized spacial score (nSPS) is 12.7. The second kappa shape index (κ2) is 6.42. The van der Waals surface area contributed by atoms with Crippen LogP contribution in [-0.4, -0.2) is 13.1 Å². The molecule has 0 aliphatic carbocycles. The number of rotatable bonds is 6. The summed E-state index contributed by atoms with van der Waals surface area (Å²) >= 11 is 0. The molecule has 0 amide bonds. The van der Waals surface area contributed by atoms with Gasteiger partial charge in [-0.2, -0.15) is 13.2 Å². The van der Waals surface area contributed by atoms with Crippen LogP contribution in [0.4, 0.5) is 13.2 Å². The summed E-state index contributed by atoms with van der Waals surface area (Å²) in [5.41, 5.74) is 0.457. The third-order valence-corrected chi connectivity index (χ3v) is 3.19. The molecule has 0 spiro atoms. The van der Waals surface area contributed by atoms with Crippen molar-refractivity contribution in [2.45, 2.75) is 39.8 Å². The summed E-state index contributed by atoms with van der Waals surface area (Å²) in [7, 11) is 0. The lowest BCUT2D eigenvalue weighted by molar-refractivity contribution is -0.137. The van der Waals surface area contributed by atoms with E-state index in [4.69, 9.17) is 0 Å². The molecule has 0 saturated carbocycles. The van der Waals surface area contributed by atoms with Crippen LogP contribution < -0.4 is 5.32 Å². The molecular weight excluding hydrogens is 251 g/mol. The van der Waals surface area contributed by atoms with E-state index in [0.29, 0.717) is 0 Å². The minimum Gasteiger partial charge on any atom is -0.317 e. The highest BCUT2D eigenvalue weighted by atomic mass is 19.4. The number of halogens is 3. The van der Waals surface area contributed by atoms with E-state index < -0.39 is 11.7 Å². The maximum absolute atomic E-state index is 12.5. The Morgan fingerprint density at radius 3 is 2.11 bits per heavy atom. The Hall–Kier alpha value is -1.03. The quantitative estimate of drug-likeness (QED) is 0.763. The lowest BCUT2D eigenvalue weighted by Crippen LogP contribution is -2.23. The van der Waals surface area contributed by atoms with Gasteiger partial charge in [0.2, 0.25) is 0 Å². The first-order valence-electron chi connectivity index (χ1n) is 6.61. The molecule has 108 valence electrons. The van der Waals surface area contributed by atoms with Crippen molar-refractivity contribution in [2.24, 2.45) is 5.41 Å². The van der Waals surface area contributed by atoms with E-state index in [1.165, 1.54) is 0 Å². The van der Waals surface area contributed by atoms with Crippen LogP contribution in [0.2, 0.25) is 0 Å². The van der Waals surface area contributed by atoms with Gasteiger partial charge in [0, 0.05) is 0 Å². The van der Waals surface area contributed by atoms with Gasteiger partial charge < -0.3 is 5.32 Å². The Bertz CT molecular complexity index is 379. The summed E-state index contributed by atoms with van der Waals surface area (Å²) < 4.78 is 37.4. The van der Waals surface area contributed by atoms with Gasteiger partial charge in [-0.05, 0) is 49.0 Å². The average Bonchev–Trinajstić information content (AvgIpc) is 2.28. The predicted octanol–water partition coefficient (Wildman–Crippen LogP) is 4.27. The zero-order valence-corrected chi connectivity index (χ0v) is 11.8. The number of benzene rings is 1. The largest absolute Gasteiger partial charge is 0.416 e. The van der Waals surface area contributed by atoms with Crippen LogP contribution in [0, 0.1) is 5.41 Å². The molecular formula is C15H22F3N. The molecule has 1 aromatic rings. The monoisotopic (exact) mass is 273 g/mol. The van der Waals surface area contributed by atoms with Crippen LogP contribution in [0.25, 0.3) is 0 Å². The molecule has 19 heavy (non-hydrogen) atoms. The Morgan fingerprint density at radius 1 is 1.05 bits per heavy atom. The minimum absolute atomic E-state index is 0.0852. The summed E-state index contributed by atoms with van der Waals surface area (Å²) in [6, 6.07) is 5.49. The fourth-order valence-corrected chi connectivity index (χ4v) is 2.06. The van der Waals surface area contributed by atoms with E-state index in [-0.39, 0.29) is 5.41 Å². The molecule has 0 saturated heterocycles. The fraction of sp³-hybridized carbons (Fsp3) is 0.600. The molecule has 0 atom stereocenters. The molecule has 0 aliphatic heterocycles. The highest BCUT2D eigenvalue weighted by Crippen LogP contribution is 2.31. The van der Waals surface area contributed by atoms with Gasteiger partial charge in [-0.1, -0.05) is 32.9 Å². The Kier molecular flexibility index (Phi) is 5.41. The van der Waals surface area contributed by atoms with Gasteiger partial charge >= 0.3 is 6.18 Å². The van der Waals surface area contributed by atoms with E-state index in [1.807, 2.05) is 0 Å². The zero-order valence-electron chi connectivity index (χ0n) is 11.8. The summed E-state index contributed by atoms with van der Waals surface area (Å²) in [5.74, 6) is 0. The SMILES string of the molecule is CCNCCC(C)(C)Cc1ccc(C(F)(F)F)cc1. The standard InChI is InChI=1S/C15H22F3N/c1-4-19-10-9-14(2,3)11-12-5-7-13(8-6-12)15(16,17)18/h5-8,19H,4,9-11H2,1-3H3. The third kappa shape index (κ3) is 5.64. The van der Waals surface area contributed by atoms with Gasteiger partial charge in [0.15, 0.2) is 0 Å². The van der Waals surface area contributed by atoms with E-state index in [1.54, 1.807) is 12.1 Å². The van der Waals surface area contributed by atoms with Gasteiger partial charge in [-0.15, -0.1) is 0 Å². The highest BCUT2D eigenvalue weighted by molar-refractivity contribution is 5.25. The van der Waals surface area contributed by atoms with Crippen LogP contribution in [0.1, 0.15) is 38.3 Å². The molecule has 1 nitrogen and oxygen atoms in total. The Labute approximate surface area is 113 Å². The van der Waals surface area contributed by atoms with Crippen LogP contribution in [0.3, 0.4) is 0 Å². The highest BCUT2D eigenvalue weighted by Gasteiger charge is 2.30.